The maximum absolute atomic E-state index is 6.81. The Morgan fingerprint density at radius 3 is 1.25 bits per heavy atom. The molecule has 0 saturated carbocycles. The van der Waals surface area contributed by atoms with Gasteiger partial charge in [0, 0.05) is 60.3 Å². The molecule has 3 heterocycles. The molecular formula is C56H45NO2. The van der Waals surface area contributed by atoms with E-state index < -0.39 is 0 Å². The van der Waals surface area contributed by atoms with E-state index in [-0.39, 0.29) is 10.8 Å². The smallest absolute Gasteiger partial charge is 0.143 e. The molecule has 0 saturated heterocycles. The molecule has 59 heavy (non-hydrogen) atoms. The zero-order valence-electron chi connectivity index (χ0n) is 34.4. The molecule has 3 heteroatoms. The van der Waals surface area contributed by atoms with Crippen LogP contribution in [0.25, 0.3) is 105 Å². The lowest BCUT2D eigenvalue weighted by molar-refractivity contribution is 0.590. The van der Waals surface area contributed by atoms with Gasteiger partial charge in [0.2, 0.25) is 0 Å². The highest BCUT2D eigenvalue weighted by Gasteiger charge is 2.28. The van der Waals surface area contributed by atoms with Crippen LogP contribution in [-0.2, 0) is 10.8 Å². The van der Waals surface area contributed by atoms with E-state index in [1.807, 2.05) is 0 Å². The molecule has 0 amide bonds. The first-order valence-corrected chi connectivity index (χ1v) is 20.7. The van der Waals surface area contributed by atoms with Gasteiger partial charge in [0.05, 0.1) is 11.0 Å². The first-order chi connectivity index (χ1) is 28.5. The summed E-state index contributed by atoms with van der Waals surface area (Å²) in [6, 6.07) is 59.4. The van der Waals surface area contributed by atoms with E-state index >= 15 is 0 Å². The topological polar surface area (TPSA) is 31.2 Å². The predicted molar refractivity (Wildman–Crippen MR) is 249 cm³/mol. The summed E-state index contributed by atoms with van der Waals surface area (Å²) in [6.45, 7) is 13.9. The van der Waals surface area contributed by atoms with E-state index in [1.54, 1.807) is 0 Å². The summed E-state index contributed by atoms with van der Waals surface area (Å²) < 4.78 is 16.1. The molecule has 0 atom stereocenters. The fourth-order valence-corrected chi connectivity index (χ4v) is 9.16. The molecule has 286 valence electrons. The fourth-order valence-electron chi connectivity index (χ4n) is 9.16. The van der Waals surface area contributed by atoms with Crippen molar-refractivity contribution in [3.63, 3.8) is 0 Å². The van der Waals surface area contributed by atoms with Gasteiger partial charge in [0.1, 0.15) is 22.3 Å². The Morgan fingerprint density at radius 1 is 0.356 bits per heavy atom. The van der Waals surface area contributed by atoms with Gasteiger partial charge in [0.15, 0.2) is 0 Å². The van der Waals surface area contributed by atoms with Gasteiger partial charge >= 0.3 is 0 Å². The normalized spacial score (nSPS) is 12.6. The average Bonchev–Trinajstić information content (AvgIpc) is 3.93. The van der Waals surface area contributed by atoms with Crippen molar-refractivity contribution in [1.29, 1.82) is 0 Å². The van der Waals surface area contributed by atoms with Crippen LogP contribution in [0.4, 0.5) is 0 Å². The number of aromatic nitrogens is 1. The number of para-hydroxylation sites is 4. The van der Waals surface area contributed by atoms with Crippen LogP contribution in [0.15, 0.2) is 173 Å². The van der Waals surface area contributed by atoms with Crippen molar-refractivity contribution in [2.24, 2.45) is 0 Å². The molecule has 0 bridgehead atoms. The van der Waals surface area contributed by atoms with Gasteiger partial charge in [0.25, 0.3) is 0 Å². The molecular weight excluding hydrogens is 719 g/mol. The van der Waals surface area contributed by atoms with Gasteiger partial charge in [-0.3, -0.25) is 0 Å². The van der Waals surface area contributed by atoms with Crippen molar-refractivity contribution in [3.8, 4) is 39.1 Å². The molecule has 0 N–H and O–H groups in total. The van der Waals surface area contributed by atoms with Gasteiger partial charge in [-0.1, -0.05) is 157 Å². The third-order valence-electron chi connectivity index (χ3n) is 12.3. The van der Waals surface area contributed by atoms with Crippen molar-refractivity contribution in [2.45, 2.75) is 52.4 Å². The van der Waals surface area contributed by atoms with Gasteiger partial charge in [-0.05, 0) is 81.6 Å². The quantitative estimate of drug-likeness (QED) is 0.179. The summed E-state index contributed by atoms with van der Waals surface area (Å²) in [7, 11) is 0. The number of benzene rings is 8. The van der Waals surface area contributed by atoms with Gasteiger partial charge in [-0.15, -0.1) is 0 Å². The molecule has 0 aliphatic carbocycles. The standard InChI is InChI=1S/C56H45NO2/c1-55(2,3)36-30-45(43-22-14-20-41-39-18-10-12-24-49(39)58-53(41)43)51-47(32-36)48-33-37(56(4,5)6)31-46(44-23-15-21-42-40-19-11-13-25-50(40)59-54(42)44)52(48)57(51)38-28-26-35(27-29-38)34-16-8-7-9-17-34/h7-33H,1-6H3. The molecule has 11 rings (SSSR count). The maximum Gasteiger partial charge on any atom is 0.143 e. The second-order valence-corrected chi connectivity index (χ2v) is 18.1. The Hall–Kier alpha value is -6.84. The number of rotatable bonds is 4. The van der Waals surface area contributed by atoms with E-state index in [4.69, 9.17) is 8.83 Å². The minimum Gasteiger partial charge on any atom is -0.455 e. The molecule has 8 aromatic carbocycles. The van der Waals surface area contributed by atoms with Crippen molar-refractivity contribution in [1.82, 2.24) is 4.57 Å². The Bertz CT molecular complexity index is 3240. The summed E-state index contributed by atoms with van der Waals surface area (Å²) in [6.07, 6.45) is 0. The number of furan rings is 2. The molecule has 0 aliphatic heterocycles. The first-order valence-electron chi connectivity index (χ1n) is 20.7. The summed E-state index contributed by atoms with van der Waals surface area (Å²) in [5.41, 5.74) is 16.1. The lowest BCUT2D eigenvalue weighted by atomic mass is 9.82. The lowest BCUT2D eigenvalue weighted by Gasteiger charge is -2.22. The van der Waals surface area contributed by atoms with Crippen LogP contribution in [0.1, 0.15) is 52.7 Å². The minimum atomic E-state index is -0.124. The predicted octanol–water partition coefficient (Wildman–Crippen LogP) is 16.2. The Balaban J connectivity index is 1.34. The van der Waals surface area contributed by atoms with Gasteiger partial charge in [-0.2, -0.15) is 0 Å². The third-order valence-corrected chi connectivity index (χ3v) is 12.3. The highest BCUT2D eigenvalue weighted by Crippen LogP contribution is 2.49. The zero-order chi connectivity index (χ0) is 40.2. The average molecular weight is 764 g/mol. The monoisotopic (exact) mass is 763 g/mol. The number of nitrogens with zero attached hydrogens (tertiary/aromatic N) is 1. The minimum absolute atomic E-state index is 0.124. The Labute approximate surface area is 344 Å². The second-order valence-electron chi connectivity index (χ2n) is 18.1. The van der Waals surface area contributed by atoms with Crippen LogP contribution in [0.3, 0.4) is 0 Å². The molecule has 11 aromatic rings. The highest BCUT2D eigenvalue weighted by atomic mass is 16.3. The Kier molecular flexibility index (Phi) is 7.68. The highest BCUT2D eigenvalue weighted by molar-refractivity contribution is 6.21. The van der Waals surface area contributed by atoms with E-state index in [9.17, 15) is 0 Å². The van der Waals surface area contributed by atoms with E-state index in [1.165, 1.54) is 33.0 Å². The molecule has 0 spiro atoms. The van der Waals surface area contributed by atoms with Crippen LogP contribution >= 0.6 is 0 Å². The van der Waals surface area contributed by atoms with E-state index in [2.05, 4.69) is 210 Å². The first kappa shape index (κ1) is 35.3. The van der Waals surface area contributed by atoms with Crippen molar-refractivity contribution in [3.05, 3.63) is 175 Å². The molecule has 3 aromatic heterocycles. The molecule has 0 fully saturated rings. The maximum atomic E-state index is 6.81. The van der Waals surface area contributed by atoms with Crippen molar-refractivity contribution in [2.75, 3.05) is 0 Å². The van der Waals surface area contributed by atoms with Gasteiger partial charge in [-0.25, -0.2) is 0 Å². The number of fused-ring (bicyclic) bond motifs is 9. The summed E-state index contributed by atoms with van der Waals surface area (Å²) >= 11 is 0. The largest absolute Gasteiger partial charge is 0.455 e. The summed E-state index contributed by atoms with van der Waals surface area (Å²) in [4.78, 5) is 0. The van der Waals surface area contributed by atoms with E-state index in [0.717, 1.165) is 82.9 Å². The van der Waals surface area contributed by atoms with Crippen molar-refractivity contribution >= 4 is 65.7 Å². The molecule has 3 nitrogen and oxygen atoms in total. The second kappa shape index (κ2) is 12.8. The summed E-state index contributed by atoms with van der Waals surface area (Å²) in [5, 5.41) is 6.92. The lowest BCUT2D eigenvalue weighted by Crippen LogP contribution is -2.11. The van der Waals surface area contributed by atoms with Crippen LogP contribution in [0, 0.1) is 0 Å². The third kappa shape index (κ3) is 5.56. The van der Waals surface area contributed by atoms with Gasteiger partial charge < -0.3 is 13.4 Å². The molecule has 0 radical (unpaired) electrons. The summed E-state index contributed by atoms with van der Waals surface area (Å²) in [5.74, 6) is 0. The van der Waals surface area contributed by atoms with Crippen molar-refractivity contribution < 1.29 is 8.83 Å². The van der Waals surface area contributed by atoms with E-state index in [0.29, 0.717) is 0 Å². The molecule has 0 aliphatic rings. The fraction of sp³-hybridized carbons (Fsp3) is 0.143. The van der Waals surface area contributed by atoms with Crippen LogP contribution in [0.2, 0.25) is 0 Å². The van der Waals surface area contributed by atoms with Crippen LogP contribution in [-0.4, -0.2) is 4.57 Å². The number of hydrogen-bond donors (Lipinski definition) is 0. The van der Waals surface area contributed by atoms with Crippen LogP contribution < -0.4 is 0 Å². The number of hydrogen-bond acceptors (Lipinski definition) is 2. The van der Waals surface area contributed by atoms with Crippen LogP contribution in [0.5, 0.6) is 0 Å². The molecule has 0 unspecified atom stereocenters. The zero-order valence-corrected chi connectivity index (χ0v) is 34.4. The Morgan fingerprint density at radius 2 is 0.780 bits per heavy atom. The SMILES string of the molecule is CC(C)(C)c1cc(-c2cccc3c2oc2ccccc23)c2c(c1)c1cc(C(C)(C)C)cc(-c3cccc4c3oc3ccccc34)c1n2-c1ccc(-c2ccccc2)cc1.